The van der Waals surface area contributed by atoms with Crippen molar-refractivity contribution in [2.24, 2.45) is 5.92 Å². The Labute approximate surface area is 339 Å². The molecule has 10 nitrogen and oxygen atoms in total. The molecule has 60 heavy (non-hydrogen) atoms. The number of nitrogens with one attached hydrogen (secondary N) is 1. The van der Waals surface area contributed by atoms with Gasteiger partial charge < -0.3 is 11.1 Å². The molecule has 318 valence electrons. The number of hydrogen-bond donors (Lipinski definition) is 2. The molecular weight excluding hydrogens is 860 g/mol. The van der Waals surface area contributed by atoms with Crippen LogP contribution in [0.5, 0.6) is 0 Å². The number of aromatic nitrogens is 5. The number of rotatable bonds is 9. The number of alkyl halides is 8. The van der Waals surface area contributed by atoms with Crippen LogP contribution in [0.4, 0.5) is 49.7 Å². The fourth-order valence-corrected chi connectivity index (χ4v) is 7.79. The summed E-state index contributed by atoms with van der Waals surface area (Å²) in [6.07, 6.45) is -9.85. The summed E-state index contributed by atoms with van der Waals surface area (Å²) in [5, 5.41) is 9.45. The number of nitrogens with zero attached hydrogens (tertiary/aromatic N) is 5. The van der Waals surface area contributed by atoms with Gasteiger partial charge in [0.2, 0.25) is 5.91 Å². The lowest BCUT2D eigenvalue weighted by Crippen LogP contribution is -2.35. The predicted molar refractivity (Wildman–Crippen MR) is 197 cm³/mol. The Morgan fingerprint density at radius 3 is 2.28 bits per heavy atom. The normalized spacial score (nSPS) is 17.8. The van der Waals surface area contributed by atoms with Crippen LogP contribution < -0.4 is 11.1 Å². The lowest BCUT2D eigenvalue weighted by atomic mass is 9.93. The first kappa shape index (κ1) is 42.8. The summed E-state index contributed by atoms with van der Waals surface area (Å²) in [7, 11) is -3.80. The number of nitrogen functional groups attached to an aromatic ring is 1. The fraction of sp³-hybridized carbons (Fsp3) is 0.368. The Kier molecular flexibility index (Phi) is 10.3. The van der Waals surface area contributed by atoms with Gasteiger partial charge in [-0.2, -0.15) is 45.3 Å². The molecule has 1 saturated carbocycles. The number of carbonyl (C=O) groups is 1. The highest BCUT2D eigenvalue weighted by Crippen LogP contribution is 2.68. The van der Waals surface area contributed by atoms with Crippen molar-refractivity contribution in [3.05, 3.63) is 93.0 Å². The Morgan fingerprint density at radius 2 is 1.67 bits per heavy atom. The minimum absolute atomic E-state index is 0.0791. The van der Waals surface area contributed by atoms with Crippen molar-refractivity contribution in [1.82, 2.24) is 29.9 Å². The Balaban J connectivity index is 1.42. The molecule has 3 aromatic heterocycles. The number of anilines is 1. The van der Waals surface area contributed by atoms with Gasteiger partial charge in [-0.25, -0.2) is 22.2 Å². The third kappa shape index (κ3) is 7.98. The van der Waals surface area contributed by atoms with Crippen molar-refractivity contribution < 1.29 is 57.1 Å². The second kappa shape index (κ2) is 14.4. The summed E-state index contributed by atoms with van der Waals surface area (Å²) in [4.78, 5) is 18.4. The quantitative estimate of drug-likeness (QED) is 0.114. The van der Waals surface area contributed by atoms with Crippen LogP contribution in [0, 0.1) is 29.4 Å². The topological polar surface area (TPSA) is 138 Å². The van der Waals surface area contributed by atoms with E-state index in [-0.39, 0.29) is 55.1 Å². The van der Waals surface area contributed by atoms with Gasteiger partial charge in [0.05, 0.1) is 27.7 Å². The highest BCUT2D eigenvalue weighted by atomic mass is 35.5. The number of fused-ring (bicyclic) bond motifs is 4. The van der Waals surface area contributed by atoms with Crippen molar-refractivity contribution in [3.63, 3.8) is 0 Å². The van der Waals surface area contributed by atoms with Crippen LogP contribution in [-0.2, 0) is 46.2 Å². The fourth-order valence-electron chi connectivity index (χ4n) is 7.30. The van der Waals surface area contributed by atoms with Crippen LogP contribution in [0.25, 0.3) is 22.0 Å². The molecule has 0 unspecified atom stereocenters. The molecule has 2 aliphatic carbocycles. The maximum absolute atomic E-state index is 15.4. The molecule has 3 N–H and O–H groups in total. The van der Waals surface area contributed by atoms with Gasteiger partial charge in [-0.15, -0.1) is 0 Å². The van der Waals surface area contributed by atoms with Gasteiger partial charge in [-0.05, 0) is 74.4 Å². The van der Waals surface area contributed by atoms with Crippen LogP contribution in [0.3, 0.4) is 0 Å². The number of halogens is 11. The van der Waals surface area contributed by atoms with Gasteiger partial charge in [-0.3, -0.25) is 14.2 Å². The molecule has 0 aliphatic heterocycles. The lowest BCUT2D eigenvalue weighted by molar-refractivity contribution is -0.142. The molecule has 0 bridgehead atoms. The maximum Gasteiger partial charge on any atom is 0.435 e. The molecule has 0 spiro atoms. The molecule has 1 amide bonds. The molecular formula is C38H30ClF10N7O3S. The van der Waals surface area contributed by atoms with Gasteiger partial charge in [0.25, 0.3) is 5.92 Å². The Morgan fingerprint density at radius 1 is 1.02 bits per heavy atom. The van der Waals surface area contributed by atoms with Crippen LogP contribution >= 0.6 is 11.6 Å². The van der Waals surface area contributed by atoms with Crippen molar-refractivity contribution in [1.29, 1.82) is 0 Å². The van der Waals surface area contributed by atoms with Crippen molar-refractivity contribution in [3.8, 4) is 23.0 Å². The maximum atomic E-state index is 15.4. The first-order valence-electron chi connectivity index (χ1n) is 17.7. The highest BCUT2D eigenvalue weighted by Gasteiger charge is 2.68. The number of benzene rings is 2. The average Bonchev–Trinajstić information content (AvgIpc) is 3.64. The van der Waals surface area contributed by atoms with E-state index in [4.69, 9.17) is 17.3 Å². The molecule has 7 rings (SSSR count). The second-order valence-electron chi connectivity index (χ2n) is 15.1. The van der Waals surface area contributed by atoms with Gasteiger partial charge in [0, 0.05) is 34.9 Å². The first-order valence-corrected chi connectivity index (χ1v) is 20.0. The minimum atomic E-state index is -5.15. The third-order valence-corrected chi connectivity index (χ3v) is 12.6. The molecule has 22 heteroatoms. The number of hydrogen-bond acceptors (Lipinski definition) is 7. The molecule has 0 radical (unpaired) electrons. The van der Waals surface area contributed by atoms with Crippen LogP contribution in [0.1, 0.15) is 66.1 Å². The lowest BCUT2D eigenvalue weighted by Gasteiger charge is -2.23. The summed E-state index contributed by atoms with van der Waals surface area (Å²) in [5.41, 5.74) is 1.61. The van der Waals surface area contributed by atoms with E-state index in [9.17, 15) is 48.3 Å². The summed E-state index contributed by atoms with van der Waals surface area (Å²) in [6, 6.07) is 5.79. The number of nitrogens with two attached hydrogens (primary N) is 1. The third-order valence-electron chi connectivity index (χ3n) is 10.4. The van der Waals surface area contributed by atoms with Gasteiger partial charge in [-0.1, -0.05) is 23.6 Å². The summed E-state index contributed by atoms with van der Waals surface area (Å²) >= 11 is 6.38. The van der Waals surface area contributed by atoms with Crippen LogP contribution in [-0.4, -0.2) is 56.0 Å². The van der Waals surface area contributed by atoms with Crippen molar-refractivity contribution in [2.75, 3.05) is 12.0 Å². The Hall–Kier alpha value is -5.36. The SMILES string of the molecule is CC(C)(C#Cc1ccc(-c2ccc(Cl)c3c(N)nn(CC(F)(F)F)c23)c([C@H](Cc2cc(F)cc(F)c2)NC(=O)Cn2nc(C(F)(F)F)c3c2C(F)(F)[C@H]2C[C@@H]32)n1)S(C)(=O)=O. The van der Waals surface area contributed by atoms with E-state index < -0.39 is 111 Å². The predicted octanol–water partition coefficient (Wildman–Crippen LogP) is 7.87. The molecule has 3 atom stereocenters. The second-order valence-corrected chi connectivity index (χ2v) is 18.1. The molecule has 2 aliphatic rings. The highest BCUT2D eigenvalue weighted by molar-refractivity contribution is 7.92. The van der Waals surface area contributed by atoms with E-state index in [2.05, 4.69) is 32.3 Å². The monoisotopic (exact) mass is 889 g/mol. The molecule has 0 saturated heterocycles. The molecule has 3 heterocycles. The van der Waals surface area contributed by atoms with Crippen LogP contribution in [0.15, 0.2) is 42.5 Å². The van der Waals surface area contributed by atoms with E-state index in [1.54, 1.807) is 0 Å². The number of amides is 1. The van der Waals surface area contributed by atoms with Crippen molar-refractivity contribution >= 4 is 44.1 Å². The summed E-state index contributed by atoms with van der Waals surface area (Å²) in [5.74, 6) is -4.90. The van der Waals surface area contributed by atoms with E-state index in [1.807, 2.05) is 0 Å². The zero-order valence-corrected chi connectivity index (χ0v) is 32.8. The van der Waals surface area contributed by atoms with E-state index >= 15 is 8.78 Å². The standard InChI is InChI=1S/C38H30ClF10N7O3S/c1-35(2,60(3,58)59)9-8-20-4-5-21(22-6-7-25(39)29-31(22)56(54-34(29)50)16-36(42,43)44)30(51-20)26(12-17-10-18(40)13-19(41)11-17)52-27(57)15-55-33-28(32(53-55)38(47,48)49)23-14-24(23)37(33,45)46/h4-7,10-11,13,23-24,26H,12,14-16H2,1-3H3,(H2,50,54)(H,52,57)/t23-,24+,26+/m1/s1. The average molecular weight is 890 g/mol. The van der Waals surface area contributed by atoms with E-state index in [0.717, 1.165) is 18.4 Å². The zero-order chi connectivity index (χ0) is 44.1. The number of carbonyl (C=O) groups excluding carboxylic acids is 1. The number of pyridine rings is 1. The largest absolute Gasteiger partial charge is 0.435 e. The van der Waals surface area contributed by atoms with E-state index in [0.29, 0.717) is 10.7 Å². The number of sulfone groups is 1. The summed E-state index contributed by atoms with van der Waals surface area (Å²) in [6.45, 7) is -0.277. The molecule has 2 aromatic carbocycles. The van der Waals surface area contributed by atoms with E-state index in [1.165, 1.54) is 38.1 Å². The smallest absolute Gasteiger partial charge is 0.382 e. The summed E-state index contributed by atoms with van der Waals surface area (Å²) < 4.78 is 168. The minimum Gasteiger partial charge on any atom is -0.382 e. The van der Waals surface area contributed by atoms with Crippen molar-refractivity contribution in [2.45, 2.75) is 74.8 Å². The first-order chi connectivity index (χ1) is 27.7. The van der Waals surface area contributed by atoms with Gasteiger partial charge in [0.15, 0.2) is 21.3 Å². The van der Waals surface area contributed by atoms with Crippen LogP contribution in [0.2, 0.25) is 5.02 Å². The van der Waals surface area contributed by atoms with Gasteiger partial charge >= 0.3 is 12.4 Å². The molecule has 1 fully saturated rings. The molecule has 5 aromatic rings. The zero-order valence-electron chi connectivity index (χ0n) is 31.2. The Bertz CT molecular complexity index is 2750. The van der Waals surface area contributed by atoms with Gasteiger partial charge in [0.1, 0.15) is 40.9 Å².